The summed E-state index contributed by atoms with van der Waals surface area (Å²) in [5.74, 6) is -0.192. The summed E-state index contributed by atoms with van der Waals surface area (Å²) < 4.78 is 11.3. The van der Waals surface area contributed by atoms with Gasteiger partial charge in [0.2, 0.25) is 0 Å². The summed E-state index contributed by atoms with van der Waals surface area (Å²) in [6.45, 7) is 1.56. The lowest BCUT2D eigenvalue weighted by molar-refractivity contribution is -0.123. The highest BCUT2D eigenvalue weighted by molar-refractivity contribution is 6.35. The SMILES string of the molecule is Cc1ccc2occ(C(NC(=O)COc3ccccc3)c3cc(Cl)c4cccnc4c3O)c(=O)c2c1. The molecule has 1 atom stereocenters. The second kappa shape index (κ2) is 9.71. The van der Waals surface area contributed by atoms with E-state index < -0.39 is 11.9 Å². The molecule has 0 bridgehead atoms. The maximum absolute atomic E-state index is 13.5. The van der Waals surface area contributed by atoms with Gasteiger partial charge in [-0.2, -0.15) is 0 Å². The fourth-order valence-electron chi connectivity index (χ4n) is 4.08. The summed E-state index contributed by atoms with van der Waals surface area (Å²) in [5, 5.41) is 15.2. The second-order valence-electron chi connectivity index (χ2n) is 8.32. The molecule has 1 unspecified atom stereocenters. The van der Waals surface area contributed by atoms with Crippen molar-refractivity contribution in [3.05, 3.63) is 111 Å². The number of phenolic OH excluding ortho intramolecular Hbond substituents is 1. The lowest BCUT2D eigenvalue weighted by Gasteiger charge is -2.21. The average Bonchev–Trinajstić information content (AvgIpc) is 2.90. The van der Waals surface area contributed by atoms with Gasteiger partial charge in [0.25, 0.3) is 5.91 Å². The molecule has 0 radical (unpaired) electrons. The van der Waals surface area contributed by atoms with E-state index in [0.717, 1.165) is 5.56 Å². The fraction of sp³-hybridized carbons (Fsp3) is 0.107. The van der Waals surface area contributed by atoms with E-state index >= 15 is 0 Å². The zero-order chi connectivity index (χ0) is 25.2. The lowest BCUT2D eigenvalue weighted by Crippen LogP contribution is -2.35. The third kappa shape index (κ3) is 4.48. The minimum Gasteiger partial charge on any atom is -0.505 e. The highest BCUT2D eigenvalue weighted by Gasteiger charge is 2.27. The molecule has 5 rings (SSSR count). The summed E-state index contributed by atoms with van der Waals surface area (Å²) in [7, 11) is 0. The van der Waals surface area contributed by atoms with Crippen LogP contribution in [-0.4, -0.2) is 22.6 Å². The molecule has 2 aromatic heterocycles. The van der Waals surface area contributed by atoms with Crippen LogP contribution >= 0.6 is 11.6 Å². The Morgan fingerprint density at radius 2 is 1.89 bits per heavy atom. The van der Waals surface area contributed by atoms with Crippen LogP contribution in [0, 0.1) is 6.92 Å². The Hall–Kier alpha value is -4.36. The molecule has 0 saturated carbocycles. The number of rotatable bonds is 6. The van der Waals surface area contributed by atoms with Crippen LogP contribution in [0.5, 0.6) is 11.5 Å². The number of fused-ring (bicyclic) bond motifs is 2. The van der Waals surface area contributed by atoms with Crippen LogP contribution in [0.15, 0.2) is 88.4 Å². The third-order valence-corrected chi connectivity index (χ3v) is 6.15. The quantitative estimate of drug-likeness (QED) is 0.328. The van der Waals surface area contributed by atoms with E-state index in [1.54, 1.807) is 48.5 Å². The number of amides is 1. The molecule has 5 aromatic rings. The number of aryl methyl sites for hydroxylation is 1. The molecule has 3 aromatic carbocycles. The Morgan fingerprint density at radius 3 is 2.69 bits per heavy atom. The number of nitrogens with zero attached hydrogens (tertiary/aromatic N) is 1. The number of aromatic hydroxyl groups is 1. The molecule has 0 aliphatic heterocycles. The predicted octanol–water partition coefficient (Wildman–Crippen LogP) is 5.29. The molecule has 7 nitrogen and oxygen atoms in total. The van der Waals surface area contributed by atoms with E-state index in [2.05, 4.69) is 10.3 Å². The smallest absolute Gasteiger partial charge is 0.258 e. The van der Waals surface area contributed by atoms with Gasteiger partial charge >= 0.3 is 0 Å². The van der Waals surface area contributed by atoms with Gasteiger partial charge in [0, 0.05) is 17.1 Å². The molecule has 0 saturated heterocycles. The number of halogens is 1. The van der Waals surface area contributed by atoms with Crippen molar-refractivity contribution in [2.75, 3.05) is 6.61 Å². The average molecular weight is 501 g/mol. The standard InChI is InChI=1S/C28H21ClN2O5/c1-16-9-10-23-19(12-16)27(33)21(14-36-23)25(31-24(32)15-35-17-6-3-2-4-7-17)20-13-22(29)18-8-5-11-30-26(18)28(20)34/h2-14,25,34H,15H2,1H3,(H,31,32). The Kier molecular flexibility index (Phi) is 6.31. The summed E-state index contributed by atoms with van der Waals surface area (Å²) in [6, 6.07) is 18.0. The molecule has 8 heteroatoms. The zero-order valence-electron chi connectivity index (χ0n) is 19.2. The van der Waals surface area contributed by atoms with Crippen molar-refractivity contribution in [2.45, 2.75) is 13.0 Å². The van der Waals surface area contributed by atoms with Crippen molar-refractivity contribution in [1.82, 2.24) is 10.3 Å². The Morgan fingerprint density at radius 1 is 1.08 bits per heavy atom. The first kappa shape index (κ1) is 23.4. The number of ether oxygens (including phenoxy) is 1. The number of benzene rings is 3. The zero-order valence-corrected chi connectivity index (χ0v) is 20.0. The van der Waals surface area contributed by atoms with Crippen LogP contribution < -0.4 is 15.5 Å². The summed E-state index contributed by atoms with van der Waals surface area (Å²) in [4.78, 5) is 30.8. The summed E-state index contributed by atoms with van der Waals surface area (Å²) in [6.07, 6.45) is 2.82. The lowest BCUT2D eigenvalue weighted by atomic mass is 9.96. The van der Waals surface area contributed by atoms with Gasteiger partial charge in [0.15, 0.2) is 12.0 Å². The normalized spacial score (nSPS) is 11.9. The molecule has 36 heavy (non-hydrogen) atoms. The Balaban J connectivity index is 1.61. The van der Waals surface area contributed by atoms with Crippen LogP contribution in [0.4, 0.5) is 0 Å². The molecule has 1 amide bonds. The molecule has 2 heterocycles. The van der Waals surface area contributed by atoms with E-state index in [-0.39, 0.29) is 34.4 Å². The number of carbonyl (C=O) groups excluding carboxylic acids is 1. The molecule has 0 aliphatic rings. The molecule has 0 spiro atoms. The van der Waals surface area contributed by atoms with Crippen molar-refractivity contribution in [1.29, 1.82) is 0 Å². The largest absolute Gasteiger partial charge is 0.505 e. The Labute approximate surface area is 210 Å². The third-order valence-electron chi connectivity index (χ3n) is 5.84. The number of nitrogens with one attached hydrogen (secondary N) is 1. The minimum atomic E-state index is -1.08. The van der Waals surface area contributed by atoms with Crippen LogP contribution in [-0.2, 0) is 4.79 Å². The maximum Gasteiger partial charge on any atom is 0.258 e. The minimum absolute atomic E-state index is 0.128. The number of hydrogen-bond donors (Lipinski definition) is 2. The monoisotopic (exact) mass is 500 g/mol. The first-order chi connectivity index (χ1) is 17.4. The van der Waals surface area contributed by atoms with Crippen LogP contribution in [0.25, 0.3) is 21.9 Å². The van der Waals surface area contributed by atoms with E-state index in [1.807, 2.05) is 19.1 Å². The number of hydrogen-bond acceptors (Lipinski definition) is 6. The first-order valence-electron chi connectivity index (χ1n) is 11.2. The summed E-state index contributed by atoms with van der Waals surface area (Å²) >= 11 is 6.51. The van der Waals surface area contributed by atoms with E-state index in [4.69, 9.17) is 20.8 Å². The first-order valence-corrected chi connectivity index (χ1v) is 11.6. The number of pyridine rings is 1. The molecular formula is C28H21ClN2O5. The highest BCUT2D eigenvalue weighted by Crippen LogP contribution is 2.38. The highest BCUT2D eigenvalue weighted by atomic mass is 35.5. The van der Waals surface area contributed by atoms with Gasteiger partial charge in [-0.3, -0.25) is 14.6 Å². The van der Waals surface area contributed by atoms with Gasteiger partial charge in [0.1, 0.15) is 28.9 Å². The van der Waals surface area contributed by atoms with Crippen molar-refractivity contribution in [3.8, 4) is 11.5 Å². The number of aromatic nitrogens is 1. The number of para-hydroxylation sites is 1. The van der Waals surface area contributed by atoms with Gasteiger partial charge in [0.05, 0.1) is 22.0 Å². The van der Waals surface area contributed by atoms with Crippen molar-refractivity contribution in [3.63, 3.8) is 0 Å². The van der Waals surface area contributed by atoms with Gasteiger partial charge in [-0.25, -0.2) is 0 Å². The van der Waals surface area contributed by atoms with Gasteiger partial charge in [-0.05, 0) is 49.4 Å². The van der Waals surface area contributed by atoms with Crippen LogP contribution in [0.2, 0.25) is 5.02 Å². The summed E-state index contributed by atoms with van der Waals surface area (Å²) in [5.41, 5.74) is 1.53. The predicted molar refractivity (Wildman–Crippen MR) is 138 cm³/mol. The molecule has 0 aliphatic carbocycles. The van der Waals surface area contributed by atoms with E-state index in [1.165, 1.54) is 18.5 Å². The van der Waals surface area contributed by atoms with Crippen LogP contribution in [0.1, 0.15) is 22.7 Å². The molecular weight excluding hydrogens is 480 g/mol. The fourth-order valence-corrected chi connectivity index (χ4v) is 4.35. The second-order valence-corrected chi connectivity index (χ2v) is 8.73. The van der Waals surface area contributed by atoms with E-state index in [0.29, 0.717) is 27.1 Å². The number of carbonyl (C=O) groups is 1. The topological polar surface area (TPSA) is 102 Å². The molecule has 180 valence electrons. The van der Waals surface area contributed by atoms with Gasteiger partial charge in [-0.1, -0.05) is 41.4 Å². The van der Waals surface area contributed by atoms with Gasteiger partial charge in [-0.15, -0.1) is 0 Å². The van der Waals surface area contributed by atoms with Crippen molar-refractivity contribution < 1.29 is 19.1 Å². The van der Waals surface area contributed by atoms with E-state index in [9.17, 15) is 14.7 Å². The van der Waals surface area contributed by atoms with Crippen molar-refractivity contribution in [2.24, 2.45) is 0 Å². The molecule has 0 fully saturated rings. The van der Waals surface area contributed by atoms with Crippen LogP contribution in [0.3, 0.4) is 0 Å². The molecule has 2 N–H and O–H groups in total. The maximum atomic E-state index is 13.5. The number of phenols is 1. The Bertz CT molecular complexity index is 1650. The van der Waals surface area contributed by atoms with Crippen molar-refractivity contribution >= 4 is 39.4 Å². The van der Waals surface area contributed by atoms with Gasteiger partial charge < -0.3 is 19.6 Å².